The molecule has 0 radical (unpaired) electrons. The summed E-state index contributed by atoms with van der Waals surface area (Å²) in [5.74, 6) is -0.484. The molecule has 0 heterocycles. The van der Waals surface area contributed by atoms with E-state index >= 15 is 0 Å². The van der Waals surface area contributed by atoms with Gasteiger partial charge in [-0.05, 0) is 38.5 Å². The van der Waals surface area contributed by atoms with Gasteiger partial charge in [0.15, 0.2) is 0 Å². The Balaban J connectivity index is 3.78. The maximum atomic E-state index is 12.3. The number of rotatable bonds is 27. The molecule has 36 heavy (non-hydrogen) atoms. The molecular formula is C31H61NO4. The normalized spacial score (nSPS) is 14.2. The van der Waals surface area contributed by atoms with Gasteiger partial charge in [0.25, 0.3) is 0 Å². The molecule has 4 N–H and O–H groups in total. The van der Waals surface area contributed by atoms with Crippen LogP contribution in [0.4, 0.5) is 0 Å². The van der Waals surface area contributed by atoms with Crippen molar-refractivity contribution in [2.45, 2.75) is 173 Å². The van der Waals surface area contributed by atoms with E-state index in [0.717, 1.165) is 44.9 Å². The van der Waals surface area contributed by atoms with E-state index < -0.39 is 24.2 Å². The van der Waals surface area contributed by atoms with E-state index in [0.29, 0.717) is 12.8 Å². The van der Waals surface area contributed by atoms with E-state index in [1.165, 1.54) is 83.5 Å². The van der Waals surface area contributed by atoms with Crippen LogP contribution in [0, 0.1) is 0 Å². The minimum Gasteiger partial charge on any atom is -0.394 e. The second-order valence-corrected chi connectivity index (χ2v) is 10.7. The summed E-state index contributed by atoms with van der Waals surface area (Å²) in [7, 11) is 0. The molecule has 0 spiro atoms. The monoisotopic (exact) mass is 511 g/mol. The number of aliphatic hydroxyl groups is 3. The summed E-state index contributed by atoms with van der Waals surface area (Å²) in [6.07, 6.45) is 27.6. The average molecular weight is 512 g/mol. The summed E-state index contributed by atoms with van der Waals surface area (Å²) in [6.45, 7) is 4.15. The van der Waals surface area contributed by atoms with Gasteiger partial charge in [-0.3, -0.25) is 4.79 Å². The first kappa shape index (κ1) is 35.1. The summed E-state index contributed by atoms with van der Waals surface area (Å²) in [6, 6.07) is -0.709. The lowest BCUT2D eigenvalue weighted by atomic mass is 10.0. The van der Waals surface area contributed by atoms with Crippen molar-refractivity contribution in [1.82, 2.24) is 5.32 Å². The van der Waals surface area contributed by atoms with Crippen molar-refractivity contribution in [2.75, 3.05) is 6.61 Å². The van der Waals surface area contributed by atoms with Gasteiger partial charge < -0.3 is 20.6 Å². The molecule has 0 aliphatic heterocycles. The third-order valence-corrected chi connectivity index (χ3v) is 7.13. The summed E-state index contributed by atoms with van der Waals surface area (Å²) in [4.78, 5) is 12.3. The van der Waals surface area contributed by atoms with Crippen molar-refractivity contribution >= 4 is 5.91 Å². The molecule has 3 atom stereocenters. The van der Waals surface area contributed by atoms with Crippen LogP contribution in [0.25, 0.3) is 0 Å². The van der Waals surface area contributed by atoms with Crippen molar-refractivity contribution in [3.05, 3.63) is 12.2 Å². The van der Waals surface area contributed by atoms with Gasteiger partial charge in [0.1, 0.15) is 6.10 Å². The number of aliphatic hydroxyl groups excluding tert-OH is 3. The standard InChI is InChI=1S/C31H61NO4/c1-3-5-7-9-11-13-15-17-19-21-23-25-29(34)28(27-33)32-31(36)30(35)26-24-22-20-18-16-14-12-10-8-6-4-2/h12,14,28-30,33-35H,3-11,13,15-27H2,1-2H3,(H,32,36)/b14-12-. The molecule has 0 saturated carbocycles. The van der Waals surface area contributed by atoms with Gasteiger partial charge in [0.2, 0.25) is 5.91 Å². The van der Waals surface area contributed by atoms with Gasteiger partial charge in [-0.15, -0.1) is 0 Å². The van der Waals surface area contributed by atoms with Gasteiger partial charge in [-0.25, -0.2) is 0 Å². The van der Waals surface area contributed by atoms with Crippen molar-refractivity contribution in [3.63, 3.8) is 0 Å². The first-order valence-corrected chi connectivity index (χ1v) is 15.5. The topological polar surface area (TPSA) is 89.8 Å². The first-order valence-electron chi connectivity index (χ1n) is 15.5. The molecule has 0 aliphatic rings. The summed E-state index contributed by atoms with van der Waals surface area (Å²) < 4.78 is 0. The molecule has 0 fully saturated rings. The Morgan fingerprint density at radius 2 is 1.06 bits per heavy atom. The van der Waals surface area contributed by atoms with E-state index in [1.54, 1.807) is 0 Å². The van der Waals surface area contributed by atoms with Crippen LogP contribution in [0.2, 0.25) is 0 Å². The summed E-state index contributed by atoms with van der Waals surface area (Å²) in [5.41, 5.74) is 0. The molecule has 0 aromatic heterocycles. The maximum absolute atomic E-state index is 12.3. The molecule has 0 aliphatic carbocycles. The highest BCUT2D eigenvalue weighted by Gasteiger charge is 2.23. The molecule has 0 bridgehead atoms. The van der Waals surface area contributed by atoms with E-state index in [-0.39, 0.29) is 6.61 Å². The number of allylic oxidation sites excluding steroid dienone is 2. The van der Waals surface area contributed by atoms with Gasteiger partial charge in [-0.1, -0.05) is 129 Å². The molecule has 5 nitrogen and oxygen atoms in total. The average Bonchev–Trinajstić information content (AvgIpc) is 2.88. The van der Waals surface area contributed by atoms with Crippen molar-refractivity contribution in [2.24, 2.45) is 0 Å². The smallest absolute Gasteiger partial charge is 0.249 e. The number of nitrogens with one attached hydrogen (secondary N) is 1. The van der Waals surface area contributed by atoms with Crippen LogP contribution in [0.5, 0.6) is 0 Å². The van der Waals surface area contributed by atoms with Gasteiger partial charge >= 0.3 is 0 Å². The summed E-state index contributed by atoms with van der Waals surface area (Å²) >= 11 is 0. The number of carbonyl (C=O) groups is 1. The van der Waals surface area contributed by atoms with E-state index in [9.17, 15) is 20.1 Å². The Hall–Kier alpha value is -0.910. The number of hydrogen-bond acceptors (Lipinski definition) is 4. The lowest BCUT2D eigenvalue weighted by Crippen LogP contribution is -2.49. The van der Waals surface area contributed by atoms with E-state index in [4.69, 9.17) is 0 Å². The van der Waals surface area contributed by atoms with Crippen LogP contribution in [0.3, 0.4) is 0 Å². The van der Waals surface area contributed by atoms with Gasteiger partial charge in [-0.2, -0.15) is 0 Å². The van der Waals surface area contributed by atoms with Crippen LogP contribution in [-0.2, 0) is 4.79 Å². The first-order chi connectivity index (χ1) is 17.6. The minimum atomic E-state index is -1.08. The number of amides is 1. The second-order valence-electron chi connectivity index (χ2n) is 10.7. The van der Waals surface area contributed by atoms with Gasteiger partial charge in [0, 0.05) is 0 Å². The zero-order valence-electron chi connectivity index (χ0n) is 23.9. The molecule has 5 heteroatoms. The van der Waals surface area contributed by atoms with Crippen molar-refractivity contribution in [1.29, 1.82) is 0 Å². The second kappa shape index (κ2) is 27.1. The maximum Gasteiger partial charge on any atom is 0.249 e. The van der Waals surface area contributed by atoms with Crippen molar-refractivity contribution < 1.29 is 20.1 Å². The highest BCUT2D eigenvalue weighted by atomic mass is 16.3. The van der Waals surface area contributed by atoms with Crippen molar-refractivity contribution in [3.8, 4) is 0 Å². The van der Waals surface area contributed by atoms with E-state index in [2.05, 4.69) is 31.3 Å². The van der Waals surface area contributed by atoms with Crippen LogP contribution in [0.1, 0.15) is 155 Å². The predicted molar refractivity (Wildman–Crippen MR) is 153 cm³/mol. The third-order valence-electron chi connectivity index (χ3n) is 7.13. The third kappa shape index (κ3) is 22.3. The lowest BCUT2D eigenvalue weighted by Gasteiger charge is -2.23. The molecule has 1 amide bonds. The summed E-state index contributed by atoms with van der Waals surface area (Å²) in [5, 5.41) is 32.8. The Kier molecular flexibility index (Phi) is 26.4. The lowest BCUT2D eigenvalue weighted by molar-refractivity contribution is -0.131. The molecule has 0 rings (SSSR count). The Morgan fingerprint density at radius 1 is 0.639 bits per heavy atom. The molecule has 0 aromatic carbocycles. The minimum absolute atomic E-state index is 0.316. The number of hydrogen-bond donors (Lipinski definition) is 4. The molecule has 214 valence electrons. The zero-order valence-corrected chi connectivity index (χ0v) is 23.9. The fraction of sp³-hybridized carbons (Fsp3) is 0.903. The van der Waals surface area contributed by atoms with Crippen LogP contribution in [-0.4, -0.2) is 46.1 Å². The molecule has 0 aromatic rings. The fourth-order valence-electron chi connectivity index (χ4n) is 4.59. The highest BCUT2D eigenvalue weighted by molar-refractivity contribution is 5.80. The molecule has 0 saturated heterocycles. The Labute approximate surface area is 223 Å². The fourth-order valence-corrected chi connectivity index (χ4v) is 4.59. The molecule has 3 unspecified atom stereocenters. The Bertz CT molecular complexity index is 497. The molecular weight excluding hydrogens is 450 g/mol. The van der Waals surface area contributed by atoms with Gasteiger partial charge in [0.05, 0.1) is 18.8 Å². The Morgan fingerprint density at radius 3 is 1.58 bits per heavy atom. The number of carbonyl (C=O) groups excluding carboxylic acids is 1. The quantitative estimate of drug-likeness (QED) is 0.0685. The zero-order chi connectivity index (χ0) is 26.7. The van der Waals surface area contributed by atoms with E-state index in [1.807, 2.05) is 0 Å². The SMILES string of the molecule is CCCCC/C=C\CCCCCCC(O)C(=O)NC(CO)C(O)CCCCCCCCCCCCC. The largest absolute Gasteiger partial charge is 0.394 e. The van der Waals surface area contributed by atoms with Crippen LogP contribution >= 0.6 is 0 Å². The predicted octanol–water partition coefficient (Wildman–Crippen LogP) is 7.36. The van der Waals surface area contributed by atoms with Crippen LogP contribution < -0.4 is 5.32 Å². The number of unbranched alkanes of at least 4 members (excludes halogenated alkanes) is 17. The van der Waals surface area contributed by atoms with Crippen LogP contribution in [0.15, 0.2) is 12.2 Å². The highest BCUT2D eigenvalue weighted by Crippen LogP contribution is 2.14.